The van der Waals surface area contributed by atoms with Crippen LogP contribution in [0.15, 0.2) is 12.2 Å². The molecule has 0 aromatic rings. The Labute approximate surface area is 192 Å². The predicted molar refractivity (Wildman–Crippen MR) is 126 cm³/mol. The highest BCUT2D eigenvalue weighted by atomic mass is 32.2. The highest BCUT2D eigenvalue weighted by Gasteiger charge is 2.43. The van der Waals surface area contributed by atoms with Crippen molar-refractivity contribution < 1.29 is 24.5 Å². The lowest BCUT2D eigenvalue weighted by Gasteiger charge is -2.27. The molecule has 178 valence electrons. The Bertz CT molecular complexity index is 588. The molecule has 4 atom stereocenters. The topological polar surface area (TPSA) is 83.8 Å². The van der Waals surface area contributed by atoms with Gasteiger partial charge in [0.25, 0.3) is 0 Å². The third-order valence-corrected chi connectivity index (χ3v) is 7.88. The lowest BCUT2D eigenvalue weighted by atomic mass is 9.85. The first-order valence-electron chi connectivity index (χ1n) is 12.2. The molecule has 6 heteroatoms. The highest BCUT2D eigenvalue weighted by molar-refractivity contribution is 7.99. The van der Waals surface area contributed by atoms with Gasteiger partial charge in [0.1, 0.15) is 5.78 Å². The number of aliphatic hydroxyl groups excluding tert-OH is 1. The van der Waals surface area contributed by atoms with Crippen LogP contribution in [0.5, 0.6) is 0 Å². The number of carbonyl (C=O) groups excluding carboxylic acids is 2. The van der Waals surface area contributed by atoms with Crippen LogP contribution in [0.2, 0.25) is 0 Å². The third-order valence-electron chi connectivity index (χ3n) is 6.86. The Morgan fingerprint density at radius 3 is 2.68 bits per heavy atom. The van der Waals surface area contributed by atoms with Crippen LogP contribution in [0.25, 0.3) is 0 Å². The number of ether oxygens (including phenoxy) is 1. The molecule has 0 amide bonds. The third kappa shape index (κ3) is 8.89. The molecule has 0 spiro atoms. The number of carbonyl (C=O) groups is 2. The number of aliphatic hydroxyl groups is 2. The first-order valence-corrected chi connectivity index (χ1v) is 13.3. The van der Waals surface area contributed by atoms with E-state index in [9.17, 15) is 19.8 Å². The van der Waals surface area contributed by atoms with Gasteiger partial charge < -0.3 is 14.9 Å². The van der Waals surface area contributed by atoms with Gasteiger partial charge in [0.2, 0.25) is 0 Å². The normalized spacial score (nSPS) is 25.8. The second-order valence-electron chi connectivity index (χ2n) is 9.37. The number of hydrogen-bond acceptors (Lipinski definition) is 6. The molecule has 2 N–H and O–H groups in total. The van der Waals surface area contributed by atoms with Gasteiger partial charge in [-0.2, -0.15) is 11.8 Å². The number of esters is 1. The molecule has 0 aliphatic heterocycles. The van der Waals surface area contributed by atoms with Gasteiger partial charge in [0, 0.05) is 18.3 Å². The molecule has 0 aromatic carbocycles. The minimum absolute atomic E-state index is 0.129. The van der Waals surface area contributed by atoms with E-state index in [-0.39, 0.29) is 30.0 Å². The van der Waals surface area contributed by atoms with Gasteiger partial charge in [-0.25, -0.2) is 0 Å². The Balaban J connectivity index is 1.79. The lowest BCUT2D eigenvalue weighted by Crippen LogP contribution is -2.30. The minimum atomic E-state index is -0.621. The maximum absolute atomic E-state index is 12.4. The Hall–Kier alpha value is -0.850. The summed E-state index contributed by atoms with van der Waals surface area (Å²) < 4.78 is 4.63. The number of ketones is 1. The molecule has 2 aliphatic rings. The van der Waals surface area contributed by atoms with Crippen LogP contribution >= 0.6 is 11.8 Å². The van der Waals surface area contributed by atoms with Crippen LogP contribution in [0.4, 0.5) is 0 Å². The van der Waals surface area contributed by atoms with Crippen LogP contribution in [0.1, 0.15) is 84.0 Å². The van der Waals surface area contributed by atoms with Crippen molar-refractivity contribution in [1.82, 2.24) is 0 Å². The van der Waals surface area contributed by atoms with Crippen molar-refractivity contribution >= 4 is 23.5 Å². The molecule has 2 fully saturated rings. The zero-order valence-electron chi connectivity index (χ0n) is 19.4. The van der Waals surface area contributed by atoms with Crippen LogP contribution in [0.3, 0.4) is 0 Å². The monoisotopic (exact) mass is 454 g/mol. The maximum atomic E-state index is 12.4. The summed E-state index contributed by atoms with van der Waals surface area (Å²) in [5.74, 6) is 1.32. The fourth-order valence-corrected chi connectivity index (χ4v) is 5.59. The van der Waals surface area contributed by atoms with E-state index < -0.39 is 11.7 Å². The summed E-state index contributed by atoms with van der Waals surface area (Å²) in [6, 6.07) is 0. The summed E-state index contributed by atoms with van der Waals surface area (Å²) in [7, 11) is 1.39. The van der Waals surface area contributed by atoms with Crippen molar-refractivity contribution in [2.75, 3.05) is 18.6 Å². The standard InChI is InChI=1S/C25H42O5S/c1-3-4-5-7-14-25(29,19-12-13-19)15-9-11-21-20(22(26)17-23(21)27)10-6-8-16-31-18-24(28)30-2/h9,11,19-21,23,27,29H,3-8,10,12-18H2,1-2H3/t20-,21-,23-,25?/m1/s1. The van der Waals surface area contributed by atoms with Crippen LogP contribution < -0.4 is 0 Å². The van der Waals surface area contributed by atoms with Crippen molar-refractivity contribution in [2.24, 2.45) is 17.8 Å². The Morgan fingerprint density at radius 2 is 2.00 bits per heavy atom. The largest absolute Gasteiger partial charge is 0.468 e. The van der Waals surface area contributed by atoms with E-state index in [0.29, 0.717) is 18.1 Å². The maximum Gasteiger partial charge on any atom is 0.315 e. The molecule has 2 rings (SSSR count). The average molecular weight is 455 g/mol. The summed E-state index contributed by atoms with van der Waals surface area (Å²) >= 11 is 1.55. The number of Topliss-reactive ketones (excluding diaryl/α,β-unsaturated/α-hetero) is 1. The van der Waals surface area contributed by atoms with Gasteiger partial charge in [-0.15, -0.1) is 0 Å². The SMILES string of the molecule is CCCCCCC(O)(CC=C[C@H]1[C@H](O)CC(=O)[C@@H]1CCCCSCC(=O)OC)C1CC1. The lowest BCUT2D eigenvalue weighted by molar-refractivity contribution is -0.137. The van der Waals surface area contributed by atoms with Crippen LogP contribution in [-0.4, -0.2) is 52.3 Å². The van der Waals surface area contributed by atoms with Crippen molar-refractivity contribution in [1.29, 1.82) is 0 Å². The van der Waals surface area contributed by atoms with Crippen LogP contribution in [-0.2, 0) is 14.3 Å². The minimum Gasteiger partial charge on any atom is -0.468 e. The molecule has 5 nitrogen and oxygen atoms in total. The van der Waals surface area contributed by atoms with E-state index in [0.717, 1.165) is 50.7 Å². The summed E-state index contributed by atoms with van der Waals surface area (Å²) in [6.07, 6.45) is 14.6. The van der Waals surface area contributed by atoms with Gasteiger partial charge in [-0.05, 0) is 50.2 Å². The molecule has 0 aromatic heterocycles. The summed E-state index contributed by atoms with van der Waals surface area (Å²) in [4.78, 5) is 23.6. The van der Waals surface area contributed by atoms with E-state index in [1.54, 1.807) is 11.8 Å². The molecule has 31 heavy (non-hydrogen) atoms. The molecule has 0 saturated heterocycles. The molecule has 2 aliphatic carbocycles. The summed E-state index contributed by atoms with van der Waals surface area (Å²) in [6.45, 7) is 2.20. The van der Waals surface area contributed by atoms with Gasteiger partial charge in [0.15, 0.2) is 0 Å². The smallest absolute Gasteiger partial charge is 0.315 e. The second-order valence-corrected chi connectivity index (χ2v) is 10.5. The van der Waals surface area contributed by atoms with Gasteiger partial charge >= 0.3 is 5.97 Å². The molecular formula is C25H42O5S. The van der Waals surface area contributed by atoms with Crippen molar-refractivity contribution in [3.05, 3.63) is 12.2 Å². The van der Waals surface area contributed by atoms with Gasteiger partial charge in [-0.1, -0.05) is 51.2 Å². The van der Waals surface area contributed by atoms with Crippen molar-refractivity contribution in [3.8, 4) is 0 Å². The molecule has 0 radical (unpaired) electrons. The molecule has 1 unspecified atom stereocenters. The van der Waals surface area contributed by atoms with Gasteiger partial charge in [0.05, 0.1) is 24.6 Å². The van der Waals surface area contributed by atoms with Gasteiger partial charge in [-0.3, -0.25) is 9.59 Å². The number of thioether (sulfide) groups is 1. The quantitative estimate of drug-likeness (QED) is 0.200. The van der Waals surface area contributed by atoms with E-state index in [1.165, 1.54) is 26.4 Å². The number of rotatable bonds is 16. The van der Waals surface area contributed by atoms with Crippen molar-refractivity contribution in [2.45, 2.75) is 95.7 Å². The fraction of sp³-hybridized carbons (Fsp3) is 0.840. The summed E-state index contributed by atoms with van der Waals surface area (Å²) in [5.41, 5.74) is -0.621. The molecule has 0 heterocycles. The fourth-order valence-electron chi connectivity index (χ4n) is 4.76. The molecule has 0 bridgehead atoms. The number of methoxy groups -OCH3 is 1. The summed E-state index contributed by atoms with van der Waals surface area (Å²) in [5, 5.41) is 21.6. The first kappa shape index (κ1) is 26.4. The average Bonchev–Trinajstić information content (AvgIpc) is 3.56. The zero-order valence-corrected chi connectivity index (χ0v) is 20.2. The Kier molecular flexibility index (Phi) is 11.6. The molecular weight excluding hydrogens is 412 g/mol. The Morgan fingerprint density at radius 1 is 1.23 bits per heavy atom. The van der Waals surface area contributed by atoms with E-state index >= 15 is 0 Å². The van der Waals surface area contributed by atoms with E-state index in [2.05, 4.69) is 11.7 Å². The zero-order chi connectivity index (χ0) is 22.7. The molecule has 2 saturated carbocycles. The first-order chi connectivity index (χ1) is 14.9. The highest BCUT2D eigenvalue weighted by Crippen LogP contribution is 2.45. The number of hydrogen-bond donors (Lipinski definition) is 2. The van der Waals surface area contributed by atoms with E-state index in [4.69, 9.17) is 0 Å². The van der Waals surface area contributed by atoms with E-state index in [1.807, 2.05) is 12.2 Å². The number of unbranched alkanes of at least 4 members (excludes halogenated alkanes) is 4. The van der Waals surface area contributed by atoms with Crippen LogP contribution in [0, 0.1) is 17.8 Å². The second kappa shape index (κ2) is 13.6. The predicted octanol–water partition coefficient (Wildman–Crippen LogP) is 4.69. The van der Waals surface area contributed by atoms with Crippen molar-refractivity contribution in [3.63, 3.8) is 0 Å².